The lowest BCUT2D eigenvalue weighted by Gasteiger charge is -2.30. The van der Waals surface area contributed by atoms with Crippen LogP contribution in [0.2, 0.25) is 0 Å². The van der Waals surface area contributed by atoms with Crippen LogP contribution in [0.3, 0.4) is 0 Å². The lowest BCUT2D eigenvalue weighted by atomic mass is 9.74. The number of rotatable bonds is 3. The molecule has 1 heteroatoms. The molecule has 1 aliphatic rings. The minimum absolute atomic E-state index is 0.510. The van der Waals surface area contributed by atoms with Gasteiger partial charge < -0.3 is 4.90 Å². The lowest BCUT2D eigenvalue weighted by molar-refractivity contribution is 0.464. The number of anilines is 1. The maximum absolute atomic E-state index is 2.39. The van der Waals surface area contributed by atoms with E-state index in [4.69, 9.17) is 0 Å². The van der Waals surface area contributed by atoms with Gasteiger partial charge in [0.2, 0.25) is 0 Å². The zero-order chi connectivity index (χ0) is 20.8. The number of benzene rings is 3. The van der Waals surface area contributed by atoms with Gasteiger partial charge >= 0.3 is 0 Å². The molecule has 4 rings (SSSR count). The van der Waals surface area contributed by atoms with Crippen molar-refractivity contribution in [3.05, 3.63) is 89.5 Å². The third kappa shape index (κ3) is 5.09. The van der Waals surface area contributed by atoms with Crippen LogP contribution >= 0.6 is 0 Å². The first kappa shape index (κ1) is 21.2. The molecule has 3 aromatic carbocycles. The highest BCUT2D eigenvalue weighted by Crippen LogP contribution is 2.40. The highest BCUT2D eigenvalue weighted by atomic mass is 15.1. The Morgan fingerprint density at radius 2 is 1.52 bits per heavy atom. The van der Waals surface area contributed by atoms with Crippen LogP contribution in [0.4, 0.5) is 5.69 Å². The van der Waals surface area contributed by atoms with Crippen LogP contribution in [0, 0.1) is 5.92 Å². The number of fused-ring (bicyclic) bond motifs is 1. The van der Waals surface area contributed by atoms with Gasteiger partial charge in [-0.3, -0.25) is 0 Å². The van der Waals surface area contributed by atoms with Crippen LogP contribution in [-0.4, -0.2) is 14.1 Å². The summed E-state index contributed by atoms with van der Waals surface area (Å²) in [5.74, 6) is 1.24. The van der Waals surface area contributed by atoms with Crippen molar-refractivity contribution in [1.29, 1.82) is 0 Å². The Morgan fingerprint density at radius 1 is 0.828 bits per heavy atom. The normalized spacial score (nSPS) is 17.7. The summed E-state index contributed by atoms with van der Waals surface area (Å²) >= 11 is 0. The van der Waals surface area contributed by atoms with Gasteiger partial charge in [-0.05, 0) is 58.7 Å². The second-order valence-electron chi connectivity index (χ2n) is 8.57. The van der Waals surface area contributed by atoms with Gasteiger partial charge in [0.05, 0.1) is 0 Å². The fraction of sp³-hybridized carbons (Fsp3) is 0.357. The van der Waals surface area contributed by atoms with Crippen LogP contribution in [0.1, 0.15) is 56.2 Å². The molecule has 0 heterocycles. The van der Waals surface area contributed by atoms with Gasteiger partial charge in [-0.1, -0.05) is 87.9 Å². The van der Waals surface area contributed by atoms with Crippen molar-refractivity contribution in [2.45, 2.75) is 46.0 Å². The second-order valence-corrected chi connectivity index (χ2v) is 8.57. The molecule has 2 atom stereocenters. The Morgan fingerprint density at radius 3 is 2.21 bits per heavy atom. The Bertz CT molecular complexity index is 908. The Kier molecular flexibility index (Phi) is 7.14. The summed E-state index contributed by atoms with van der Waals surface area (Å²) in [6.45, 7) is 6.63. The topological polar surface area (TPSA) is 3.24 Å². The first-order chi connectivity index (χ1) is 14.0. The monoisotopic (exact) mass is 385 g/mol. The lowest BCUT2D eigenvalue weighted by Crippen LogP contribution is -2.17. The van der Waals surface area contributed by atoms with E-state index in [1.807, 2.05) is 0 Å². The van der Waals surface area contributed by atoms with E-state index in [0.29, 0.717) is 5.92 Å². The van der Waals surface area contributed by atoms with Crippen molar-refractivity contribution in [3.63, 3.8) is 0 Å². The van der Waals surface area contributed by atoms with Crippen molar-refractivity contribution in [2.24, 2.45) is 5.92 Å². The van der Waals surface area contributed by atoms with E-state index in [9.17, 15) is 0 Å². The number of nitrogens with zero attached hydrogens (tertiary/aromatic N) is 1. The molecule has 1 aliphatic carbocycles. The third-order valence-corrected chi connectivity index (χ3v) is 5.64. The quantitative estimate of drug-likeness (QED) is 0.450. The summed E-state index contributed by atoms with van der Waals surface area (Å²) < 4.78 is 0. The van der Waals surface area contributed by atoms with E-state index in [1.165, 1.54) is 52.8 Å². The van der Waals surface area contributed by atoms with Crippen LogP contribution in [0.5, 0.6) is 0 Å². The molecule has 29 heavy (non-hydrogen) atoms. The largest absolute Gasteiger partial charge is 0.378 e. The van der Waals surface area contributed by atoms with Crippen molar-refractivity contribution in [3.8, 4) is 11.1 Å². The van der Waals surface area contributed by atoms with E-state index in [-0.39, 0.29) is 0 Å². The van der Waals surface area contributed by atoms with Crippen molar-refractivity contribution < 1.29 is 0 Å². The first-order valence-electron chi connectivity index (χ1n) is 11.0. The first-order valence-corrected chi connectivity index (χ1v) is 11.0. The Balaban J connectivity index is 0.000000755. The Hall–Kier alpha value is -2.54. The third-order valence-electron chi connectivity index (χ3n) is 5.64. The molecule has 152 valence electrons. The predicted molar refractivity (Wildman–Crippen MR) is 128 cm³/mol. The second kappa shape index (κ2) is 9.78. The maximum Gasteiger partial charge on any atom is 0.0361 e. The summed E-state index contributed by atoms with van der Waals surface area (Å²) in [7, 11) is 4.16. The van der Waals surface area contributed by atoms with Crippen molar-refractivity contribution in [2.75, 3.05) is 19.0 Å². The smallest absolute Gasteiger partial charge is 0.0361 e. The summed E-state index contributed by atoms with van der Waals surface area (Å²) in [5, 5.41) is 0. The van der Waals surface area contributed by atoms with Gasteiger partial charge in [0.25, 0.3) is 0 Å². The number of hydrogen-bond donors (Lipinski definition) is 0. The molecule has 0 saturated heterocycles. The molecule has 0 saturated carbocycles. The minimum Gasteiger partial charge on any atom is -0.378 e. The summed E-state index contributed by atoms with van der Waals surface area (Å²) in [6.07, 6.45) is 3.69. The summed E-state index contributed by atoms with van der Waals surface area (Å²) in [4.78, 5) is 2.14. The fourth-order valence-corrected chi connectivity index (χ4v) is 4.25. The van der Waals surface area contributed by atoms with E-state index in [1.54, 1.807) is 0 Å². The van der Waals surface area contributed by atoms with Crippen LogP contribution in [-0.2, 0) is 6.42 Å². The Labute approximate surface area is 177 Å². The van der Waals surface area contributed by atoms with Crippen molar-refractivity contribution in [1.82, 2.24) is 0 Å². The summed E-state index contributed by atoms with van der Waals surface area (Å²) in [5.41, 5.74) is 8.32. The molecule has 0 unspecified atom stereocenters. The van der Waals surface area contributed by atoms with Gasteiger partial charge in [0, 0.05) is 25.7 Å². The van der Waals surface area contributed by atoms with Crippen molar-refractivity contribution >= 4 is 5.69 Å². The van der Waals surface area contributed by atoms with Gasteiger partial charge in [-0.2, -0.15) is 0 Å². The molecule has 0 bridgehead atoms. The molecule has 0 aromatic heterocycles. The van der Waals surface area contributed by atoms with E-state index in [2.05, 4.69) is 113 Å². The van der Waals surface area contributed by atoms with E-state index >= 15 is 0 Å². The molecule has 1 nitrogen and oxygen atoms in total. The molecule has 0 radical (unpaired) electrons. The molecular weight excluding hydrogens is 350 g/mol. The van der Waals surface area contributed by atoms with E-state index in [0.717, 1.165) is 5.92 Å². The predicted octanol–water partition coefficient (Wildman–Crippen LogP) is 7.55. The average Bonchev–Trinajstić information content (AvgIpc) is 2.74. The van der Waals surface area contributed by atoms with Crippen LogP contribution in [0.25, 0.3) is 11.1 Å². The highest BCUT2D eigenvalue weighted by molar-refractivity contribution is 5.67. The SMILES string of the molecule is CCC.C[C@@H]1Cc2ccccc2[C@H](c2cccc(-c3ccc(N(C)C)cc3)c2)C1. The molecule has 0 fully saturated rings. The molecule has 0 aliphatic heterocycles. The molecule has 0 spiro atoms. The van der Waals surface area contributed by atoms with Gasteiger partial charge in [0.15, 0.2) is 0 Å². The fourth-order valence-electron chi connectivity index (χ4n) is 4.25. The maximum atomic E-state index is 2.39. The average molecular weight is 386 g/mol. The van der Waals surface area contributed by atoms with Crippen LogP contribution in [0.15, 0.2) is 72.8 Å². The van der Waals surface area contributed by atoms with Gasteiger partial charge in [-0.25, -0.2) is 0 Å². The molecular formula is C28H35N. The number of hydrogen-bond acceptors (Lipinski definition) is 1. The standard InChI is InChI=1S/C25H27N.C3H8/c1-18-15-21-7-4-5-10-24(21)25(16-18)22-9-6-8-20(17-22)19-11-13-23(14-12-19)26(2)3;1-3-2/h4-14,17-18,25H,15-16H2,1-3H3;3H2,1-2H3/t18-,25+;/m1./s1. The molecule has 0 N–H and O–H groups in total. The van der Waals surface area contributed by atoms with Crippen LogP contribution < -0.4 is 4.90 Å². The minimum atomic E-state index is 0.510. The molecule has 3 aromatic rings. The van der Waals surface area contributed by atoms with Gasteiger partial charge in [-0.15, -0.1) is 0 Å². The van der Waals surface area contributed by atoms with Gasteiger partial charge in [0.1, 0.15) is 0 Å². The summed E-state index contributed by atoms with van der Waals surface area (Å²) in [6, 6.07) is 27.0. The molecule has 0 amide bonds. The zero-order valence-corrected chi connectivity index (χ0v) is 18.7. The highest BCUT2D eigenvalue weighted by Gasteiger charge is 2.25. The zero-order valence-electron chi connectivity index (χ0n) is 18.7. The van der Waals surface area contributed by atoms with E-state index < -0.39 is 0 Å².